The lowest BCUT2D eigenvalue weighted by Gasteiger charge is -2.09. The Morgan fingerprint density at radius 2 is 2.19 bits per heavy atom. The van der Waals surface area contributed by atoms with Gasteiger partial charge >= 0.3 is 0 Å². The fraction of sp³-hybridized carbons (Fsp3) is 0.500. The minimum atomic E-state index is 0.452. The van der Waals surface area contributed by atoms with Gasteiger partial charge in [-0.05, 0) is 50.6 Å². The topological polar surface area (TPSA) is 60.2 Å². The number of rotatable bonds is 7. The predicted octanol–water partition coefficient (Wildman–Crippen LogP) is 2.98. The molecule has 0 saturated carbocycles. The second kappa shape index (κ2) is 7.22. The van der Waals surface area contributed by atoms with E-state index in [-0.39, 0.29) is 0 Å². The van der Waals surface area contributed by atoms with Crippen LogP contribution in [0.15, 0.2) is 22.7 Å². The number of nitrogens with zero attached hydrogens (tertiary/aromatic N) is 2. The lowest BCUT2D eigenvalue weighted by atomic mass is 10.1. The summed E-state index contributed by atoms with van der Waals surface area (Å²) in [4.78, 5) is 4.46. The molecule has 0 radical (unpaired) electrons. The van der Waals surface area contributed by atoms with Crippen LogP contribution in [-0.2, 0) is 6.42 Å². The van der Waals surface area contributed by atoms with Crippen molar-refractivity contribution in [3.8, 4) is 17.1 Å². The zero-order valence-electron chi connectivity index (χ0n) is 13.1. The summed E-state index contributed by atoms with van der Waals surface area (Å²) in [6.07, 6.45) is 1.77. The third-order valence-corrected chi connectivity index (χ3v) is 3.46. The van der Waals surface area contributed by atoms with E-state index in [1.54, 1.807) is 7.11 Å². The van der Waals surface area contributed by atoms with Gasteiger partial charge in [0.05, 0.1) is 7.11 Å². The summed E-state index contributed by atoms with van der Waals surface area (Å²) in [6.45, 7) is 7.24. The molecule has 2 aromatic rings. The van der Waals surface area contributed by atoms with Crippen LogP contribution in [0.1, 0.15) is 31.7 Å². The van der Waals surface area contributed by atoms with Crippen LogP contribution in [0.3, 0.4) is 0 Å². The maximum atomic E-state index is 5.32. The highest BCUT2D eigenvalue weighted by Crippen LogP contribution is 2.24. The molecule has 1 N–H and O–H groups in total. The number of methoxy groups -OCH3 is 1. The van der Waals surface area contributed by atoms with Gasteiger partial charge in [-0.15, -0.1) is 0 Å². The lowest BCUT2D eigenvalue weighted by Crippen LogP contribution is -2.25. The molecule has 21 heavy (non-hydrogen) atoms. The summed E-state index contributed by atoms with van der Waals surface area (Å²) in [6, 6.07) is 6.33. The van der Waals surface area contributed by atoms with Gasteiger partial charge in [0, 0.05) is 18.0 Å². The molecule has 0 amide bonds. The Labute approximate surface area is 125 Å². The summed E-state index contributed by atoms with van der Waals surface area (Å²) in [5.41, 5.74) is 2.00. The van der Waals surface area contributed by atoms with Crippen LogP contribution < -0.4 is 10.1 Å². The van der Waals surface area contributed by atoms with E-state index in [0.29, 0.717) is 17.8 Å². The summed E-state index contributed by atoms with van der Waals surface area (Å²) in [7, 11) is 1.67. The SMILES string of the molecule is CCNC(C)CCc1nc(-c2ccc(OC)c(C)c2)no1. The molecule has 0 saturated heterocycles. The quantitative estimate of drug-likeness (QED) is 0.849. The molecule has 1 unspecified atom stereocenters. The minimum Gasteiger partial charge on any atom is -0.496 e. The van der Waals surface area contributed by atoms with Crippen molar-refractivity contribution < 1.29 is 9.26 Å². The van der Waals surface area contributed by atoms with E-state index in [4.69, 9.17) is 9.26 Å². The Balaban J connectivity index is 2.04. The Morgan fingerprint density at radius 3 is 2.86 bits per heavy atom. The first-order valence-corrected chi connectivity index (χ1v) is 7.35. The maximum absolute atomic E-state index is 5.32. The van der Waals surface area contributed by atoms with Gasteiger partial charge in [0.1, 0.15) is 5.75 Å². The first kappa shape index (κ1) is 15.5. The number of aromatic nitrogens is 2. The van der Waals surface area contributed by atoms with Crippen molar-refractivity contribution in [1.29, 1.82) is 0 Å². The molecule has 0 aliphatic heterocycles. The zero-order valence-corrected chi connectivity index (χ0v) is 13.1. The number of benzene rings is 1. The predicted molar refractivity (Wildman–Crippen MR) is 82.5 cm³/mol. The van der Waals surface area contributed by atoms with Crippen LogP contribution in [0, 0.1) is 6.92 Å². The van der Waals surface area contributed by atoms with Crippen molar-refractivity contribution in [2.45, 2.75) is 39.7 Å². The first-order valence-electron chi connectivity index (χ1n) is 7.35. The molecule has 5 heteroatoms. The van der Waals surface area contributed by atoms with E-state index < -0.39 is 0 Å². The van der Waals surface area contributed by atoms with E-state index in [0.717, 1.165) is 36.3 Å². The van der Waals surface area contributed by atoms with Crippen LogP contribution >= 0.6 is 0 Å². The Kier molecular flexibility index (Phi) is 5.33. The first-order chi connectivity index (χ1) is 10.1. The fourth-order valence-electron chi connectivity index (χ4n) is 2.28. The van der Waals surface area contributed by atoms with Crippen molar-refractivity contribution in [2.24, 2.45) is 0 Å². The van der Waals surface area contributed by atoms with Gasteiger partial charge in [-0.3, -0.25) is 0 Å². The van der Waals surface area contributed by atoms with Gasteiger partial charge in [0.15, 0.2) is 0 Å². The Hall–Kier alpha value is -1.88. The van der Waals surface area contributed by atoms with Gasteiger partial charge in [-0.25, -0.2) is 0 Å². The average molecular weight is 289 g/mol. The number of aryl methyl sites for hydroxylation is 2. The van der Waals surface area contributed by atoms with Crippen molar-refractivity contribution in [3.05, 3.63) is 29.7 Å². The fourth-order valence-corrected chi connectivity index (χ4v) is 2.28. The molecule has 0 aliphatic rings. The van der Waals surface area contributed by atoms with Crippen LogP contribution in [0.5, 0.6) is 5.75 Å². The molecule has 5 nitrogen and oxygen atoms in total. The highest BCUT2D eigenvalue weighted by molar-refractivity contribution is 5.58. The van der Waals surface area contributed by atoms with E-state index in [2.05, 4.69) is 29.3 Å². The monoisotopic (exact) mass is 289 g/mol. The highest BCUT2D eigenvalue weighted by Gasteiger charge is 2.11. The maximum Gasteiger partial charge on any atom is 0.227 e. The molecule has 1 atom stereocenters. The molecule has 114 valence electrons. The third kappa shape index (κ3) is 4.04. The largest absolute Gasteiger partial charge is 0.496 e. The van der Waals surface area contributed by atoms with Crippen LogP contribution in [0.4, 0.5) is 0 Å². The molecule has 0 bridgehead atoms. The van der Waals surface area contributed by atoms with E-state index in [1.807, 2.05) is 25.1 Å². The zero-order chi connectivity index (χ0) is 15.2. The second-order valence-electron chi connectivity index (χ2n) is 5.19. The molecule has 1 aromatic carbocycles. The van der Waals surface area contributed by atoms with Gasteiger partial charge in [-0.1, -0.05) is 12.1 Å². The molecule has 0 fully saturated rings. The van der Waals surface area contributed by atoms with E-state index >= 15 is 0 Å². The Bertz CT molecular complexity index is 581. The molecule has 0 spiro atoms. The second-order valence-corrected chi connectivity index (χ2v) is 5.19. The molecular weight excluding hydrogens is 266 g/mol. The summed E-state index contributed by atoms with van der Waals surface area (Å²) in [5.74, 6) is 2.18. The van der Waals surface area contributed by atoms with E-state index in [1.165, 1.54) is 0 Å². The van der Waals surface area contributed by atoms with Crippen LogP contribution in [-0.4, -0.2) is 29.8 Å². The average Bonchev–Trinajstić information content (AvgIpc) is 2.94. The van der Waals surface area contributed by atoms with Crippen molar-refractivity contribution in [1.82, 2.24) is 15.5 Å². The summed E-state index contributed by atoms with van der Waals surface area (Å²) >= 11 is 0. The molecule has 1 aromatic heterocycles. The van der Waals surface area contributed by atoms with Gasteiger partial charge in [0.2, 0.25) is 11.7 Å². The summed E-state index contributed by atoms with van der Waals surface area (Å²) in [5, 5.41) is 7.43. The number of nitrogens with one attached hydrogen (secondary N) is 1. The highest BCUT2D eigenvalue weighted by atomic mass is 16.5. The van der Waals surface area contributed by atoms with Crippen LogP contribution in [0.2, 0.25) is 0 Å². The molecule has 1 heterocycles. The number of hydrogen-bond acceptors (Lipinski definition) is 5. The third-order valence-electron chi connectivity index (χ3n) is 3.46. The normalized spacial score (nSPS) is 12.4. The van der Waals surface area contributed by atoms with Crippen molar-refractivity contribution in [2.75, 3.05) is 13.7 Å². The standard InChI is InChI=1S/C16H23N3O2/c1-5-17-12(3)6-9-15-18-16(19-21-15)13-7-8-14(20-4)11(2)10-13/h7-8,10,12,17H,5-6,9H2,1-4H3. The molecule has 0 aliphatic carbocycles. The molecule has 2 rings (SSSR count). The van der Waals surface area contributed by atoms with Crippen LogP contribution in [0.25, 0.3) is 11.4 Å². The number of hydrogen-bond donors (Lipinski definition) is 1. The minimum absolute atomic E-state index is 0.452. The summed E-state index contributed by atoms with van der Waals surface area (Å²) < 4.78 is 10.6. The number of ether oxygens (including phenoxy) is 1. The molecular formula is C16H23N3O2. The lowest BCUT2D eigenvalue weighted by molar-refractivity contribution is 0.368. The van der Waals surface area contributed by atoms with E-state index in [9.17, 15) is 0 Å². The Morgan fingerprint density at radius 1 is 1.38 bits per heavy atom. The smallest absolute Gasteiger partial charge is 0.227 e. The van der Waals surface area contributed by atoms with Gasteiger partial charge in [0.25, 0.3) is 0 Å². The van der Waals surface area contributed by atoms with Crippen molar-refractivity contribution in [3.63, 3.8) is 0 Å². The van der Waals surface area contributed by atoms with Gasteiger partial charge in [-0.2, -0.15) is 4.98 Å². The van der Waals surface area contributed by atoms with Gasteiger partial charge < -0.3 is 14.6 Å². The van der Waals surface area contributed by atoms with Crippen molar-refractivity contribution >= 4 is 0 Å².